The minimum atomic E-state index is -0.395. The Labute approximate surface area is 122 Å². The van der Waals surface area contributed by atoms with Crippen molar-refractivity contribution >= 4 is 5.91 Å². The molecule has 0 N–H and O–H groups in total. The molecule has 0 saturated carbocycles. The Hall–Kier alpha value is -2.67. The number of amides is 1. The van der Waals surface area contributed by atoms with Crippen LogP contribution in [-0.2, 0) is 13.0 Å². The molecule has 3 rings (SSSR count). The summed E-state index contributed by atoms with van der Waals surface area (Å²) < 4.78 is 13.4. The number of carbonyl (C=O) groups is 1. The molecule has 21 heavy (non-hydrogen) atoms. The van der Waals surface area contributed by atoms with E-state index >= 15 is 0 Å². The van der Waals surface area contributed by atoms with Crippen molar-refractivity contribution in [2.24, 2.45) is 0 Å². The normalized spacial score (nSPS) is 13.7. The lowest BCUT2D eigenvalue weighted by Gasteiger charge is -2.28. The molecule has 0 spiro atoms. The van der Waals surface area contributed by atoms with E-state index in [-0.39, 0.29) is 12.5 Å². The Bertz CT molecular complexity index is 749. The number of halogens is 1. The molecule has 0 unspecified atom stereocenters. The van der Waals surface area contributed by atoms with Crippen LogP contribution in [0.3, 0.4) is 0 Å². The van der Waals surface area contributed by atoms with Gasteiger partial charge in [-0.25, -0.2) is 4.39 Å². The molecule has 0 aliphatic carbocycles. The summed E-state index contributed by atoms with van der Waals surface area (Å²) in [6, 6.07) is 13.6. The third kappa shape index (κ3) is 2.50. The van der Waals surface area contributed by atoms with E-state index in [1.54, 1.807) is 11.0 Å². The predicted octanol–water partition coefficient (Wildman–Crippen LogP) is 2.90. The van der Waals surface area contributed by atoms with Crippen LogP contribution >= 0.6 is 0 Å². The molecule has 2 aromatic carbocycles. The highest BCUT2D eigenvalue weighted by Crippen LogP contribution is 2.21. The molecule has 0 bridgehead atoms. The van der Waals surface area contributed by atoms with Crippen LogP contribution in [-0.4, -0.2) is 17.4 Å². The van der Waals surface area contributed by atoms with Gasteiger partial charge in [0, 0.05) is 18.7 Å². The minimum absolute atomic E-state index is 0.0648. The van der Waals surface area contributed by atoms with E-state index in [0.29, 0.717) is 23.2 Å². The van der Waals surface area contributed by atoms with Gasteiger partial charge in [-0.1, -0.05) is 18.2 Å². The van der Waals surface area contributed by atoms with Gasteiger partial charge >= 0.3 is 0 Å². The van der Waals surface area contributed by atoms with Crippen LogP contribution in [0.2, 0.25) is 0 Å². The van der Waals surface area contributed by atoms with Crippen molar-refractivity contribution in [3.8, 4) is 6.07 Å². The third-order valence-electron chi connectivity index (χ3n) is 3.73. The van der Waals surface area contributed by atoms with Gasteiger partial charge in [0.2, 0.25) is 0 Å². The fraction of sp³-hybridized carbons (Fsp3) is 0.176. The number of nitriles is 1. The van der Waals surface area contributed by atoms with Crippen LogP contribution in [0.5, 0.6) is 0 Å². The molecular weight excluding hydrogens is 267 g/mol. The van der Waals surface area contributed by atoms with E-state index in [1.165, 1.54) is 18.2 Å². The standard InChI is InChI=1S/C17H13FN2O/c18-15-6-5-13(10-19)14(9-15)11-20-8-7-12-3-1-2-4-16(12)17(20)21/h1-6,9H,7-8,11H2. The van der Waals surface area contributed by atoms with Crippen molar-refractivity contribution in [3.63, 3.8) is 0 Å². The summed E-state index contributed by atoms with van der Waals surface area (Å²) in [6.07, 6.45) is 0.777. The van der Waals surface area contributed by atoms with Crippen molar-refractivity contribution < 1.29 is 9.18 Å². The van der Waals surface area contributed by atoms with E-state index in [0.717, 1.165) is 12.0 Å². The fourth-order valence-corrected chi connectivity index (χ4v) is 2.63. The van der Waals surface area contributed by atoms with E-state index in [4.69, 9.17) is 5.26 Å². The van der Waals surface area contributed by atoms with Crippen LogP contribution in [0, 0.1) is 17.1 Å². The zero-order chi connectivity index (χ0) is 14.8. The lowest BCUT2D eigenvalue weighted by molar-refractivity contribution is 0.0726. The Morgan fingerprint density at radius 3 is 2.86 bits per heavy atom. The largest absolute Gasteiger partial charge is 0.334 e. The Morgan fingerprint density at radius 1 is 1.24 bits per heavy atom. The molecular formula is C17H13FN2O. The first-order valence-electron chi connectivity index (χ1n) is 6.75. The average molecular weight is 280 g/mol. The molecule has 0 atom stereocenters. The predicted molar refractivity (Wildman–Crippen MR) is 76.0 cm³/mol. The zero-order valence-electron chi connectivity index (χ0n) is 11.3. The molecule has 3 nitrogen and oxygen atoms in total. The minimum Gasteiger partial charge on any atom is -0.334 e. The Kier molecular flexibility index (Phi) is 3.41. The van der Waals surface area contributed by atoms with Crippen LogP contribution in [0.1, 0.15) is 27.0 Å². The van der Waals surface area contributed by atoms with Gasteiger partial charge in [-0.15, -0.1) is 0 Å². The summed E-state index contributed by atoms with van der Waals surface area (Å²) in [4.78, 5) is 14.1. The van der Waals surface area contributed by atoms with Crippen molar-refractivity contribution in [3.05, 3.63) is 70.5 Å². The molecule has 4 heteroatoms. The SMILES string of the molecule is N#Cc1ccc(F)cc1CN1CCc2ccccc2C1=O. The molecule has 1 amide bonds. The van der Waals surface area contributed by atoms with Gasteiger partial charge in [-0.05, 0) is 41.8 Å². The summed E-state index contributed by atoms with van der Waals surface area (Å²) >= 11 is 0. The second kappa shape index (κ2) is 5.37. The van der Waals surface area contributed by atoms with Crippen LogP contribution in [0.25, 0.3) is 0 Å². The van der Waals surface area contributed by atoms with Gasteiger partial charge in [0.25, 0.3) is 5.91 Å². The molecule has 0 radical (unpaired) electrons. The third-order valence-corrected chi connectivity index (χ3v) is 3.73. The van der Waals surface area contributed by atoms with Gasteiger partial charge in [0.15, 0.2) is 0 Å². The Balaban J connectivity index is 1.89. The lowest BCUT2D eigenvalue weighted by atomic mass is 9.98. The monoisotopic (exact) mass is 280 g/mol. The maximum absolute atomic E-state index is 13.4. The first-order valence-corrected chi connectivity index (χ1v) is 6.75. The molecule has 2 aromatic rings. The smallest absolute Gasteiger partial charge is 0.254 e. The van der Waals surface area contributed by atoms with Crippen LogP contribution in [0.4, 0.5) is 4.39 Å². The molecule has 0 fully saturated rings. The Morgan fingerprint density at radius 2 is 2.05 bits per heavy atom. The highest BCUT2D eigenvalue weighted by atomic mass is 19.1. The van der Waals surface area contributed by atoms with Crippen molar-refractivity contribution in [1.82, 2.24) is 4.90 Å². The second-order valence-corrected chi connectivity index (χ2v) is 5.05. The van der Waals surface area contributed by atoms with Gasteiger partial charge < -0.3 is 4.90 Å². The number of nitrogens with zero attached hydrogens (tertiary/aromatic N) is 2. The molecule has 0 aromatic heterocycles. The second-order valence-electron chi connectivity index (χ2n) is 5.05. The van der Waals surface area contributed by atoms with Crippen LogP contribution in [0.15, 0.2) is 42.5 Å². The highest BCUT2D eigenvalue weighted by molar-refractivity contribution is 5.96. The summed E-state index contributed by atoms with van der Waals surface area (Å²) in [6.45, 7) is 0.838. The summed E-state index contributed by atoms with van der Waals surface area (Å²) in [5.41, 5.74) is 2.69. The van der Waals surface area contributed by atoms with Crippen molar-refractivity contribution in [2.45, 2.75) is 13.0 Å². The number of rotatable bonds is 2. The fourth-order valence-electron chi connectivity index (χ4n) is 2.63. The van der Waals surface area contributed by atoms with Crippen LogP contribution < -0.4 is 0 Å². The van der Waals surface area contributed by atoms with Gasteiger partial charge in [-0.2, -0.15) is 5.26 Å². The quantitative estimate of drug-likeness (QED) is 0.849. The lowest BCUT2D eigenvalue weighted by Crippen LogP contribution is -2.37. The molecule has 0 saturated heterocycles. The topological polar surface area (TPSA) is 44.1 Å². The maximum atomic E-state index is 13.4. The summed E-state index contributed by atoms with van der Waals surface area (Å²) in [5.74, 6) is -0.459. The average Bonchev–Trinajstić information content (AvgIpc) is 2.51. The molecule has 104 valence electrons. The van der Waals surface area contributed by atoms with E-state index < -0.39 is 5.82 Å². The summed E-state index contributed by atoms with van der Waals surface area (Å²) in [5, 5.41) is 9.09. The number of hydrogen-bond acceptors (Lipinski definition) is 2. The summed E-state index contributed by atoms with van der Waals surface area (Å²) in [7, 11) is 0. The zero-order valence-corrected chi connectivity index (χ0v) is 11.3. The number of carbonyl (C=O) groups excluding carboxylic acids is 1. The van der Waals surface area contributed by atoms with E-state index in [9.17, 15) is 9.18 Å². The molecule has 1 aliphatic rings. The molecule has 1 heterocycles. The number of benzene rings is 2. The van der Waals surface area contributed by atoms with Crippen molar-refractivity contribution in [1.29, 1.82) is 5.26 Å². The van der Waals surface area contributed by atoms with Gasteiger partial charge in [-0.3, -0.25) is 4.79 Å². The van der Waals surface area contributed by atoms with Gasteiger partial charge in [0.1, 0.15) is 5.82 Å². The van der Waals surface area contributed by atoms with Gasteiger partial charge in [0.05, 0.1) is 11.6 Å². The van der Waals surface area contributed by atoms with E-state index in [2.05, 4.69) is 0 Å². The highest BCUT2D eigenvalue weighted by Gasteiger charge is 2.24. The first kappa shape index (κ1) is 13.3. The first-order chi connectivity index (χ1) is 10.2. The number of fused-ring (bicyclic) bond motifs is 1. The van der Waals surface area contributed by atoms with E-state index in [1.807, 2.05) is 24.3 Å². The molecule has 1 aliphatic heterocycles. The van der Waals surface area contributed by atoms with Crippen molar-refractivity contribution in [2.75, 3.05) is 6.54 Å². The maximum Gasteiger partial charge on any atom is 0.254 e. The number of hydrogen-bond donors (Lipinski definition) is 0.